The number of carbonyl (C=O) groups excluding carboxylic acids is 2. The summed E-state index contributed by atoms with van der Waals surface area (Å²) in [6.45, 7) is 25.0. The van der Waals surface area contributed by atoms with Crippen LogP contribution in [0.5, 0.6) is 0 Å². The van der Waals surface area contributed by atoms with Gasteiger partial charge in [0.25, 0.3) is 0 Å². The summed E-state index contributed by atoms with van der Waals surface area (Å²) in [4.78, 5) is 30.2. The van der Waals surface area contributed by atoms with Crippen molar-refractivity contribution in [3.8, 4) is 0 Å². The van der Waals surface area contributed by atoms with E-state index < -0.39 is 6.04 Å². The lowest BCUT2D eigenvalue weighted by Gasteiger charge is -2.44. The first kappa shape index (κ1) is 33.1. The minimum Gasteiger partial charge on any atom is -0.335 e. The maximum atomic E-state index is 14.4. The van der Waals surface area contributed by atoms with Gasteiger partial charge in [-0.3, -0.25) is 4.79 Å². The van der Waals surface area contributed by atoms with E-state index in [9.17, 15) is 9.59 Å². The van der Waals surface area contributed by atoms with Crippen LogP contribution in [0.25, 0.3) is 0 Å². The molecule has 4 rings (SSSR count). The number of amides is 3. The average Bonchev–Trinajstić information content (AvgIpc) is 3.24. The molecule has 5 nitrogen and oxygen atoms in total. The first-order valence-electron chi connectivity index (χ1n) is 17.3. The Morgan fingerprint density at radius 1 is 0.929 bits per heavy atom. The molecule has 238 valence electrons. The molecule has 0 spiro atoms. The van der Waals surface area contributed by atoms with E-state index in [-0.39, 0.29) is 40.3 Å². The van der Waals surface area contributed by atoms with Crippen LogP contribution in [0, 0.1) is 34.0 Å². The average molecular weight is 582 g/mol. The molecule has 3 aliphatic carbocycles. The summed E-state index contributed by atoms with van der Waals surface area (Å²) < 4.78 is 0. The number of carbonyl (C=O) groups is 2. The van der Waals surface area contributed by atoms with Crippen LogP contribution < -0.4 is 10.6 Å². The quantitative estimate of drug-likeness (QED) is 0.240. The molecule has 0 aromatic heterocycles. The Bertz CT molecular complexity index is 995. The molecule has 3 unspecified atom stereocenters. The molecule has 4 fully saturated rings. The van der Waals surface area contributed by atoms with Crippen molar-refractivity contribution in [2.45, 2.75) is 156 Å². The minimum atomic E-state index is -0.522. The van der Waals surface area contributed by atoms with E-state index in [1.165, 1.54) is 50.5 Å². The molecule has 0 bridgehead atoms. The van der Waals surface area contributed by atoms with Crippen molar-refractivity contribution in [1.29, 1.82) is 0 Å². The Balaban J connectivity index is 1.41. The first-order valence-corrected chi connectivity index (χ1v) is 17.3. The van der Waals surface area contributed by atoms with Crippen LogP contribution in [0.2, 0.25) is 0 Å². The van der Waals surface area contributed by atoms with Crippen molar-refractivity contribution in [2.75, 3.05) is 6.54 Å². The third-order valence-corrected chi connectivity index (χ3v) is 12.0. The van der Waals surface area contributed by atoms with Crippen molar-refractivity contribution in [3.63, 3.8) is 0 Å². The molecule has 4 aliphatic rings. The maximum Gasteiger partial charge on any atom is 0.315 e. The van der Waals surface area contributed by atoms with Gasteiger partial charge in [-0.1, -0.05) is 117 Å². The molecule has 42 heavy (non-hydrogen) atoms. The van der Waals surface area contributed by atoms with Gasteiger partial charge >= 0.3 is 6.03 Å². The number of likely N-dealkylation sites (tertiary alicyclic amines) is 1. The fourth-order valence-electron chi connectivity index (χ4n) is 8.84. The molecule has 2 N–H and O–H groups in total. The van der Waals surface area contributed by atoms with Crippen LogP contribution in [-0.2, 0) is 4.79 Å². The van der Waals surface area contributed by atoms with Gasteiger partial charge in [-0.05, 0) is 79.4 Å². The van der Waals surface area contributed by atoms with Crippen molar-refractivity contribution >= 4 is 11.9 Å². The van der Waals surface area contributed by atoms with Crippen LogP contribution in [0.4, 0.5) is 4.79 Å². The summed E-state index contributed by atoms with van der Waals surface area (Å²) in [5.74, 6) is 1.96. The monoisotopic (exact) mass is 581 g/mol. The standard InChI is InChI=1S/C37H63N3O2/c1-25(2)31-30-28(36(30,7)8)24-40(31)33(41)32(37(9)22-14-11-15-23-37)39-34(42)38-29(35(4,5)6)21-19-26(3)18-20-27-16-12-10-13-17-27/h27-32H,1,3,10-24H2,2,4-9H3,(H2,38,39,42)/t28-,29?,30-,31?,32?/m0/s1. The maximum absolute atomic E-state index is 14.4. The number of fused-ring (bicyclic) bond motifs is 1. The number of nitrogens with zero attached hydrogens (tertiary/aromatic N) is 1. The molecule has 5 atom stereocenters. The predicted molar refractivity (Wildman–Crippen MR) is 175 cm³/mol. The van der Waals surface area contributed by atoms with Gasteiger partial charge in [0, 0.05) is 12.6 Å². The lowest BCUT2D eigenvalue weighted by molar-refractivity contribution is -0.138. The van der Waals surface area contributed by atoms with Gasteiger partial charge in [-0.2, -0.15) is 0 Å². The summed E-state index contributed by atoms with van der Waals surface area (Å²) in [7, 11) is 0. The fraction of sp³-hybridized carbons (Fsp3) is 0.838. The van der Waals surface area contributed by atoms with Crippen molar-refractivity contribution in [2.24, 2.45) is 34.0 Å². The SMILES string of the molecule is C=C(CCC1CCCCC1)CCC(NC(=O)NC(C(=O)N1C[C@H]2[C@@H](C1C(=C)C)C2(C)C)C1(C)CCCCC1)C(C)(C)C. The van der Waals surface area contributed by atoms with Crippen LogP contribution in [-0.4, -0.2) is 41.5 Å². The second-order valence-corrected chi connectivity index (χ2v) is 16.8. The van der Waals surface area contributed by atoms with Gasteiger partial charge in [-0.15, -0.1) is 0 Å². The molecule has 3 saturated carbocycles. The van der Waals surface area contributed by atoms with E-state index in [4.69, 9.17) is 0 Å². The van der Waals surface area contributed by atoms with E-state index >= 15 is 0 Å². The van der Waals surface area contributed by atoms with Gasteiger partial charge in [0.05, 0.1) is 6.04 Å². The summed E-state index contributed by atoms with van der Waals surface area (Å²) in [5, 5.41) is 6.61. The molecule has 1 aliphatic heterocycles. The van der Waals surface area contributed by atoms with Gasteiger partial charge < -0.3 is 15.5 Å². The highest BCUT2D eigenvalue weighted by Crippen LogP contribution is 2.66. The van der Waals surface area contributed by atoms with Gasteiger partial charge in [0.15, 0.2) is 0 Å². The summed E-state index contributed by atoms with van der Waals surface area (Å²) in [6.07, 6.45) is 16.4. The van der Waals surface area contributed by atoms with E-state index in [1.54, 1.807) is 0 Å². The lowest BCUT2D eigenvalue weighted by atomic mass is 9.70. The number of nitrogens with one attached hydrogen (secondary N) is 2. The molecular weight excluding hydrogens is 518 g/mol. The first-order chi connectivity index (χ1) is 19.6. The number of allylic oxidation sites excluding steroid dienone is 1. The third kappa shape index (κ3) is 7.46. The van der Waals surface area contributed by atoms with Crippen molar-refractivity contribution in [3.05, 3.63) is 24.3 Å². The van der Waals surface area contributed by atoms with Crippen LogP contribution in [0.1, 0.15) is 138 Å². The Labute approximate surface area is 258 Å². The lowest BCUT2D eigenvalue weighted by Crippen LogP contribution is -2.61. The van der Waals surface area contributed by atoms with Crippen LogP contribution >= 0.6 is 0 Å². The molecular formula is C37H63N3O2. The smallest absolute Gasteiger partial charge is 0.315 e. The number of piperidine rings is 1. The summed E-state index contributed by atoms with van der Waals surface area (Å²) >= 11 is 0. The highest BCUT2D eigenvalue weighted by Gasteiger charge is 2.68. The predicted octanol–water partition coefficient (Wildman–Crippen LogP) is 8.80. The Kier molecular flexibility index (Phi) is 10.3. The highest BCUT2D eigenvalue weighted by atomic mass is 16.2. The second-order valence-electron chi connectivity index (χ2n) is 16.8. The number of hydrogen-bond acceptors (Lipinski definition) is 2. The fourth-order valence-corrected chi connectivity index (χ4v) is 8.84. The summed E-state index contributed by atoms with van der Waals surface area (Å²) in [6, 6.07) is -0.656. The zero-order valence-electron chi connectivity index (χ0n) is 28.2. The van der Waals surface area contributed by atoms with Gasteiger partial charge in [-0.25, -0.2) is 4.79 Å². The normalized spacial score (nSPS) is 28.4. The highest BCUT2D eigenvalue weighted by molar-refractivity contribution is 5.89. The van der Waals surface area contributed by atoms with Crippen LogP contribution in [0.15, 0.2) is 24.3 Å². The van der Waals surface area contributed by atoms with E-state index in [2.05, 4.69) is 77.2 Å². The molecule has 3 amide bonds. The van der Waals surface area contributed by atoms with Gasteiger partial charge in [0.1, 0.15) is 6.04 Å². The summed E-state index contributed by atoms with van der Waals surface area (Å²) in [5.41, 5.74) is 2.30. The zero-order valence-corrected chi connectivity index (χ0v) is 28.2. The van der Waals surface area contributed by atoms with Crippen molar-refractivity contribution < 1.29 is 9.59 Å². The number of rotatable bonds is 11. The molecule has 0 radical (unpaired) electrons. The van der Waals surface area contributed by atoms with Crippen molar-refractivity contribution in [1.82, 2.24) is 15.5 Å². The Morgan fingerprint density at radius 3 is 2.14 bits per heavy atom. The third-order valence-electron chi connectivity index (χ3n) is 12.0. The molecule has 1 heterocycles. The minimum absolute atomic E-state index is 0.00208. The molecule has 0 aromatic rings. The molecule has 0 aromatic carbocycles. The van der Waals surface area contributed by atoms with Gasteiger partial charge in [0.2, 0.25) is 5.91 Å². The zero-order chi connectivity index (χ0) is 30.9. The number of hydrogen-bond donors (Lipinski definition) is 2. The molecule has 1 saturated heterocycles. The molecule has 5 heteroatoms. The largest absolute Gasteiger partial charge is 0.335 e. The number of urea groups is 1. The van der Waals surface area contributed by atoms with E-state index in [0.717, 1.165) is 63.0 Å². The van der Waals surface area contributed by atoms with E-state index in [0.29, 0.717) is 11.8 Å². The van der Waals surface area contributed by atoms with Crippen LogP contribution in [0.3, 0.4) is 0 Å². The second kappa shape index (κ2) is 13.1. The van der Waals surface area contributed by atoms with E-state index in [1.807, 2.05) is 0 Å². The topological polar surface area (TPSA) is 61.4 Å². The Hall–Kier alpha value is -1.78. The Morgan fingerprint density at radius 2 is 1.55 bits per heavy atom.